The molecule has 0 aliphatic carbocycles. The number of hydrogen-bond donors (Lipinski definition) is 0. The smallest absolute Gasteiger partial charge is 0.334 e. The zero-order valence-corrected chi connectivity index (χ0v) is 14.3. The van der Waals surface area contributed by atoms with Gasteiger partial charge in [0.2, 0.25) is 0 Å². The number of hydrogen-bond acceptors (Lipinski definition) is 3. The van der Waals surface area contributed by atoms with E-state index in [2.05, 4.69) is 26.0 Å². The minimum Gasteiger partial charge on any atom is -0.472 e. The van der Waals surface area contributed by atoms with Gasteiger partial charge >= 0.3 is 5.97 Å². The molecule has 0 spiro atoms. The Hall–Kier alpha value is -2.03. The predicted octanol–water partition coefficient (Wildman–Crippen LogP) is 5.15. The normalized spacial score (nSPS) is 18.4. The van der Waals surface area contributed by atoms with E-state index in [4.69, 9.17) is 9.15 Å². The number of carbonyl (C=O) groups excluding carboxylic acids is 1. The van der Waals surface area contributed by atoms with Crippen LogP contribution in [0.2, 0.25) is 0 Å². The van der Waals surface area contributed by atoms with Crippen molar-refractivity contribution in [3.05, 3.63) is 59.1 Å². The fourth-order valence-corrected chi connectivity index (χ4v) is 2.62. The van der Waals surface area contributed by atoms with Crippen LogP contribution in [0.4, 0.5) is 0 Å². The summed E-state index contributed by atoms with van der Waals surface area (Å²) in [6, 6.07) is 1.98. The number of furan rings is 1. The minimum atomic E-state index is -0.161. The number of esters is 1. The van der Waals surface area contributed by atoms with Gasteiger partial charge in [-0.05, 0) is 63.7 Å². The summed E-state index contributed by atoms with van der Waals surface area (Å²) in [5, 5.41) is 0. The Balaban J connectivity index is 1.84. The summed E-state index contributed by atoms with van der Waals surface area (Å²) in [4.78, 5) is 12.1. The maximum absolute atomic E-state index is 12.1. The Morgan fingerprint density at radius 2 is 2.00 bits per heavy atom. The molecule has 1 aromatic rings. The Kier molecular flexibility index (Phi) is 6.45. The van der Waals surface area contributed by atoms with Crippen molar-refractivity contribution in [2.75, 3.05) is 0 Å². The highest BCUT2D eigenvalue weighted by Gasteiger charge is 2.23. The molecular formula is C20H26O3. The van der Waals surface area contributed by atoms with Crippen LogP contribution in [0, 0.1) is 0 Å². The topological polar surface area (TPSA) is 39.4 Å². The molecule has 0 aromatic carbocycles. The fraction of sp³-hybridized carbons (Fsp3) is 0.450. The molecule has 23 heavy (non-hydrogen) atoms. The standard InChI is InChI=1S/C20H26O3/c1-15(2)6-4-9-18-10-11-19(23-20(18)21)16(3)7-5-8-17-12-13-22-14-17/h6-7,10,12-14,19H,4-5,8-9,11H2,1-3H3/b16-7+/t19-/m1/s1. The summed E-state index contributed by atoms with van der Waals surface area (Å²) >= 11 is 0. The summed E-state index contributed by atoms with van der Waals surface area (Å²) in [6.45, 7) is 6.18. The van der Waals surface area contributed by atoms with Crippen LogP contribution in [0.25, 0.3) is 0 Å². The third-order valence-corrected chi connectivity index (χ3v) is 4.04. The molecule has 2 rings (SSSR count). The largest absolute Gasteiger partial charge is 0.472 e. The van der Waals surface area contributed by atoms with Crippen molar-refractivity contribution in [1.82, 2.24) is 0 Å². The molecular weight excluding hydrogens is 288 g/mol. The van der Waals surface area contributed by atoms with Crippen molar-refractivity contribution in [3.63, 3.8) is 0 Å². The first-order valence-corrected chi connectivity index (χ1v) is 8.27. The molecule has 2 heterocycles. The molecule has 0 fully saturated rings. The van der Waals surface area contributed by atoms with E-state index >= 15 is 0 Å². The Labute approximate surface area is 138 Å². The first-order valence-electron chi connectivity index (χ1n) is 8.27. The number of ether oxygens (including phenoxy) is 1. The van der Waals surface area contributed by atoms with Crippen LogP contribution in [-0.4, -0.2) is 12.1 Å². The van der Waals surface area contributed by atoms with Crippen molar-refractivity contribution in [2.45, 2.75) is 59.0 Å². The van der Waals surface area contributed by atoms with Crippen LogP contribution >= 0.6 is 0 Å². The summed E-state index contributed by atoms with van der Waals surface area (Å²) < 4.78 is 10.7. The SMILES string of the molecule is CC(C)=CCCC1=CC[C@H](/C(C)=C/CCc2ccoc2)OC1=O. The molecule has 3 heteroatoms. The second-order valence-corrected chi connectivity index (χ2v) is 6.30. The molecule has 1 aliphatic rings. The van der Waals surface area contributed by atoms with Gasteiger partial charge in [-0.2, -0.15) is 0 Å². The Morgan fingerprint density at radius 3 is 2.65 bits per heavy atom. The summed E-state index contributed by atoms with van der Waals surface area (Å²) in [5.41, 5.74) is 4.41. The summed E-state index contributed by atoms with van der Waals surface area (Å²) in [5.74, 6) is -0.161. The maximum atomic E-state index is 12.1. The highest BCUT2D eigenvalue weighted by Crippen LogP contribution is 2.23. The fourth-order valence-electron chi connectivity index (χ4n) is 2.62. The van der Waals surface area contributed by atoms with Crippen LogP contribution in [-0.2, 0) is 16.0 Å². The molecule has 0 amide bonds. The van der Waals surface area contributed by atoms with E-state index in [1.165, 1.54) is 11.1 Å². The second kappa shape index (κ2) is 8.56. The zero-order valence-electron chi connectivity index (χ0n) is 14.3. The predicted molar refractivity (Wildman–Crippen MR) is 92.0 cm³/mol. The van der Waals surface area contributed by atoms with Gasteiger partial charge in [-0.15, -0.1) is 0 Å². The third-order valence-electron chi connectivity index (χ3n) is 4.04. The molecule has 124 valence electrons. The van der Waals surface area contributed by atoms with Gasteiger partial charge < -0.3 is 9.15 Å². The molecule has 1 aliphatic heterocycles. The lowest BCUT2D eigenvalue weighted by Gasteiger charge is -2.23. The van der Waals surface area contributed by atoms with Gasteiger partial charge in [0, 0.05) is 12.0 Å². The summed E-state index contributed by atoms with van der Waals surface area (Å²) in [7, 11) is 0. The Bertz CT molecular complexity index is 599. The van der Waals surface area contributed by atoms with Gasteiger partial charge in [0.25, 0.3) is 0 Å². The van der Waals surface area contributed by atoms with Crippen molar-refractivity contribution in [2.24, 2.45) is 0 Å². The zero-order chi connectivity index (χ0) is 16.7. The molecule has 0 saturated heterocycles. The van der Waals surface area contributed by atoms with E-state index < -0.39 is 0 Å². The number of allylic oxidation sites excluding steroid dienone is 3. The lowest BCUT2D eigenvalue weighted by molar-refractivity contribution is -0.143. The van der Waals surface area contributed by atoms with Gasteiger partial charge in [0.1, 0.15) is 6.10 Å². The van der Waals surface area contributed by atoms with Gasteiger partial charge in [0.05, 0.1) is 12.5 Å². The summed E-state index contributed by atoms with van der Waals surface area (Å²) in [6.07, 6.45) is 14.0. The molecule has 0 unspecified atom stereocenters. The first kappa shape index (κ1) is 17.3. The first-order chi connectivity index (χ1) is 11.1. The van der Waals surface area contributed by atoms with Crippen LogP contribution < -0.4 is 0 Å². The highest BCUT2D eigenvalue weighted by molar-refractivity contribution is 5.89. The number of rotatable bonds is 7. The average Bonchev–Trinajstić information content (AvgIpc) is 3.01. The third kappa shape index (κ3) is 5.59. The lowest BCUT2D eigenvalue weighted by atomic mass is 9.99. The second-order valence-electron chi connectivity index (χ2n) is 6.30. The van der Waals surface area contributed by atoms with Crippen LogP contribution in [0.5, 0.6) is 0 Å². The maximum Gasteiger partial charge on any atom is 0.334 e. The van der Waals surface area contributed by atoms with E-state index in [9.17, 15) is 4.79 Å². The average molecular weight is 314 g/mol. The van der Waals surface area contributed by atoms with Crippen molar-refractivity contribution in [3.8, 4) is 0 Å². The molecule has 3 nitrogen and oxygen atoms in total. The van der Waals surface area contributed by atoms with Crippen molar-refractivity contribution >= 4 is 5.97 Å². The van der Waals surface area contributed by atoms with E-state index in [0.29, 0.717) is 0 Å². The Morgan fingerprint density at radius 1 is 1.22 bits per heavy atom. The van der Waals surface area contributed by atoms with Gasteiger partial charge in [0.15, 0.2) is 0 Å². The lowest BCUT2D eigenvalue weighted by Crippen LogP contribution is -2.24. The van der Waals surface area contributed by atoms with E-state index in [1.807, 2.05) is 19.1 Å². The molecule has 0 N–H and O–H groups in total. The van der Waals surface area contributed by atoms with Crippen LogP contribution in [0.1, 0.15) is 52.0 Å². The molecule has 1 aromatic heterocycles. The molecule has 1 atom stereocenters. The molecule has 0 bridgehead atoms. The van der Waals surface area contributed by atoms with Crippen molar-refractivity contribution in [1.29, 1.82) is 0 Å². The quantitative estimate of drug-likeness (QED) is 0.516. The minimum absolute atomic E-state index is 0.112. The van der Waals surface area contributed by atoms with Gasteiger partial charge in [-0.1, -0.05) is 23.8 Å². The number of cyclic esters (lactones) is 1. The van der Waals surface area contributed by atoms with Gasteiger partial charge in [-0.25, -0.2) is 4.79 Å². The van der Waals surface area contributed by atoms with Gasteiger partial charge in [-0.3, -0.25) is 0 Å². The van der Waals surface area contributed by atoms with Crippen molar-refractivity contribution < 1.29 is 13.9 Å². The van der Waals surface area contributed by atoms with E-state index in [0.717, 1.165) is 43.3 Å². The number of carbonyl (C=O) groups is 1. The van der Waals surface area contributed by atoms with E-state index in [1.54, 1.807) is 12.5 Å². The molecule has 0 saturated carbocycles. The van der Waals surface area contributed by atoms with E-state index in [-0.39, 0.29) is 12.1 Å². The number of aryl methyl sites for hydroxylation is 1. The highest BCUT2D eigenvalue weighted by atomic mass is 16.5. The van der Waals surface area contributed by atoms with Crippen LogP contribution in [0.15, 0.2) is 58.0 Å². The van der Waals surface area contributed by atoms with Crippen LogP contribution in [0.3, 0.4) is 0 Å². The monoisotopic (exact) mass is 314 g/mol. The molecule has 0 radical (unpaired) electrons.